The van der Waals surface area contributed by atoms with Gasteiger partial charge >= 0.3 is 0 Å². The van der Waals surface area contributed by atoms with Crippen LogP contribution in [0.2, 0.25) is 0 Å². The molecule has 1 aromatic heterocycles. The van der Waals surface area contributed by atoms with Crippen LogP contribution in [0, 0.1) is 86.2 Å². The first-order valence-electron chi connectivity index (χ1n) is 32.5. The molecule has 0 spiro atoms. The predicted molar refractivity (Wildman–Crippen MR) is 365 cm³/mol. The summed E-state index contributed by atoms with van der Waals surface area (Å²) in [4.78, 5) is 21.8. The van der Waals surface area contributed by atoms with E-state index in [0.717, 1.165) is 119 Å². The molecule has 5 fully saturated rings. The average molecular weight is 1200 g/mol. The van der Waals surface area contributed by atoms with Crippen molar-refractivity contribution in [2.24, 2.45) is 104 Å². The Morgan fingerprint density at radius 1 is 0.523 bits per heavy atom. The zero-order valence-corrected chi connectivity index (χ0v) is 56.4. The van der Waals surface area contributed by atoms with Crippen molar-refractivity contribution < 1.29 is 0 Å². The van der Waals surface area contributed by atoms with Crippen LogP contribution in [-0.4, -0.2) is 135 Å². The molecule has 3 unspecified atom stereocenters. The van der Waals surface area contributed by atoms with Crippen molar-refractivity contribution in [3.63, 3.8) is 0 Å². The number of benzene rings is 1. The largest absolute Gasteiger partial charge is 0.370 e. The van der Waals surface area contributed by atoms with Crippen LogP contribution in [0.1, 0.15) is 192 Å². The highest BCUT2D eigenvalue weighted by Gasteiger charge is 2.29. The summed E-state index contributed by atoms with van der Waals surface area (Å²) in [5.41, 5.74) is 46.3. The topological polar surface area (TPSA) is 382 Å². The third-order valence-electron chi connectivity index (χ3n) is 16.8. The Kier molecular flexibility index (Phi) is 37.7. The predicted octanol–water partition coefficient (Wildman–Crippen LogP) is 9.96. The molecule has 1 aromatic carbocycles. The van der Waals surface area contributed by atoms with Gasteiger partial charge in [-0.05, 0) is 166 Å². The number of hydrogen-bond acceptors (Lipinski definition) is 9. The van der Waals surface area contributed by atoms with E-state index in [4.69, 9.17) is 72.9 Å². The molecule has 0 aliphatic carbocycles. The maximum atomic E-state index is 7.37. The number of aryl methyl sites for hydroxylation is 1. The fourth-order valence-corrected chi connectivity index (χ4v) is 11.4. The van der Waals surface area contributed by atoms with Gasteiger partial charge in [0.15, 0.2) is 35.8 Å². The van der Waals surface area contributed by atoms with Crippen molar-refractivity contribution in [3.05, 3.63) is 47.8 Å². The number of hydrogen-bond donors (Lipinski definition) is 13. The van der Waals surface area contributed by atoms with Crippen LogP contribution < -0.4 is 45.9 Å². The minimum atomic E-state index is 0.0987. The molecule has 5 aliphatic rings. The van der Waals surface area contributed by atoms with E-state index in [1.54, 1.807) is 6.20 Å². The molecule has 492 valence electrons. The molecule has 0 bridgehead atoms. The van der Waals surface area contributed by atoms with Crippen molar-refractivity contribution in [2.45, 2.75) is 205 Å². The summed E-state index contributed by atoms with van der Waals surface area (Å²) in [6.45, 7) is 39.0. The van der Waals surface area contributed by atoms with Gasteiger partial charge in [0.05, 0.1) is 5.69 Å². The molecule has 0 radical (unpaired) electrons. The number of likely N-dealkylation sites (tertiary alicyclic amines) is 5. The molecule has 7 rings (SSSR count). The molecule has 5 aliphatic heterocycles. The third-order valence-corrected chi connectivity index (χ3v) is 16.8. The Hall–Kier alpha value is -6.28. The lowest BCUT2D eigenvalue weighted by Crippen LogP contribution is -2.42. The van der Waals surface area contributed by atoms with Crippen molar-refractivity contribution in [2.75, 3.05) is 58.1 Å². The molecular weight excluding hydrogens is 1070 g/mol. The van der Waals surface area contributed by atoms with Crippen molar-refractivity contribution >= 4 is 47.4 Å². The van der Waals surface area contributed by atoms with Gasteiger partial charge in [-0.15, -0.1) is 0 Å². The van der Waals surface area contributed by atoms with Crippen LogP contribution in [0.5, 0.6) is 0 Å². The molecule has 5 saturated heterocycles. The molecular formula is C65H127N21. The van der Waals surface area contributed by atoms with E-state index >= 15 is 0 Å². The van der Waals surface area contributed by atoms with Crippen LogP contribution in [0.25, 0.3) is 0 Å². The zero-order chi connectivity index (χ0) is 65.2. The first-order valence-corrected chi connectivity index (χ1v) is 32.5. The molecule has 3 atom stereocenters. The van der Waals surface area contributed by atoms with Gasteiger partial charge in [-0.3, -0.25) is 27.0 Å². The quantitative estimate of drug-likeness (QED) is 0.0618. The summed E-state index contributed by atoms with van der Waals surface area (Å²) in [6, 6.07) is 10.9. The van der Waals surface area contributed by atoms with E-state index in [0.29, 0.717) is 41.7 Å². The van der Waals surface area contributed by atoms with Gasteiger partial charge in [0.2, 0.25) is 5.95 Å². The van der Waals surface area contributed by atoms with Gasteiger partial charge in [-0.1, -0.05) is 122 Å². The van der Waals surface area contributed by atoms with Gasteiger partial charge in [-0.2, -0.15) is 0 Å². The van der Waals surface area contributed by atoms with Crippen molar-refractivity contribution in [3.8, 4) is 0 Å². The normalized spacial score (nSPS) is 18.6. The summed E-state index contributed by atoms with van der Waals surface area (Å²) in [5.74, 6) is 9.11. The lowest BCUT2D eigenvalue weighted by molar-refractivity contribution is 0.218. The van der Waals surface area contributed by atoms with Crippen LogP contribution >= 0.6 is 0 Å². The Bertz CT molecular complexity index is 2220. The first-order chi connectivity index (χ1) is 40.3. The van der Waals surface area contributed by atoms with Gasteiger partial charge in [0.1, 0.15) is 0 Å². The summed E-state index contributed by atoms with van der Waals surface area (Å²) in [5, 5.41) is 36.5. The van der Waals surface area contributed by atoms with Gasteiger partial charge in [0.25, 0.3) is 0 Å². The monoisotopic (exact) mass is 1200 g/mol. The number of nitrogens with one attached hydrogen (secondary N) is 5. The number of nitrogens with two attached hydrogens (primary N) is 8. The second-order valence-electron chi connectivity index (χ2n) is 27.0. The molecule has 21 N–H and O–H groups in total. The number of aromatic nitrogens is 2. The molecule has 6 heterocycles. The SMILES string of the molecule is CC(C)C1CCCN1C(=N)N.CC(C)C1CCN(C(=N)N)C1.CC(C)C1CCN(C(=N)N)CC1.CC(C)CC1CCCN1C(=N)N.CC(C)CCC1CCN(C(=N)N)CC1.CC(C)CCc1ccnc(N)n1.CC(C)Cc1ccc(N=C(N)N)cc1. The smallest absolute Gasteiger partial charge is 0.220 e. The molecule has 86 heavy (non-hydrogen) atoms. The second kappa shape index (κ2) is 41.8. The van der Waals surface area contributed by atoms with E-state index in [-0.39, 0.29) is 35.8 Å². The van der Waals surface area contributed by atoms with E-state index < -0.39 is 0 Å². The Morgan fingerprint density at radius 3 is 1.42 bits per heavy atom. The molecule has 0 amide bonds. The number of piperidine rings is 2. The number of nitrogens with zero attached hydrogens (tertiary/aromatic N) is 8. The zero-order valence-electron chi connectivity index (χ0n) is 56.4. The van der Waals surface area contributed by atoms with Crippen LogP contribution in [-0.2, 0) is 12.8 Å². The molecule has 21 heteroatoms. The van der Waals surface area contributed by atoms with Crippen molar-refractivity contribution in [1.29, 1.82) is 27.0 Å². The minimum absolute atomic E-state index is 0.0987. The maximum absolute atomic E-state index is 7.37. The highest BCUT2D eigenvalue weighted by molar-refractivity contribution is 5.79. The van der Waals surface area contributed by atoms with Gasteiger partial charge in [-0.25, -0.2) is 15.0 Å². The Balaban J connectivity index is 0.000000503. The lowest BCUT2D eigenvalue weighted by Gasteiger charge is -2.33. The Labute approximate surface area is 522 Å². The van der Waals surface area contributed by atoms with Crippen LogP contribution in [0.3, 0.4) is 0 Å². The standard InChI is InChI=1S/C11H17N3.C11H23N3.C9H19N3.C9H15N3.C9H19N3.2C8H17N3/c1-8(2)7-9-3-5-10(6-4-9)14-11(12)13;1-9(2)3-4-10-5-7-14(8-6-10)11(12)13;1-7(2)8-3-5-12(6-4-8)9(10)11;1-7(2)3-4-8-5-6-11-9(10)12-8;1-7(2)6-8-4-3-5-12(8)9(10)11;1-6(2)7-3-4-11(5-7)8(9)10;1-6(2)7-4-3-5-11(7)8(9)10/h3-6,8H,7H2,1-2H3,(H4,12,13,14);9-10H,3-8H2,1-2H3,(H3,12,13);7-8H,3-6H2,1-2H3,(H3,10,11);5-7H,3-4H2,1-2H3,(H2,10,11,12);7-8H,3-6H2,1-2H3,(H3,10,11);2*6-7H,3-5H2,1-2H3,(H3,9,10). The number of anilines is 1. The number of rotatable bonds is 14. The minimum Gasteiger partial charge on any atom is -0.370 e. The molecule has 0 saturated carbocycles. The number of nitrogen functional groups attached to an aromatic ring is 1. The fraction of sp³-hybridized carbons (Fsp3) is 0.754. The highest BCUT2D eigenvalue weighted by Crippen LogP contribution is 2.27. The van der Waals surface area contributed by atoms with Crippen molar-refractivity contribution in [1.82, 2.24) is 34.5 Å². The van der Waals surface area contributed by atoms with E-state index in [2.05, 4.69) is 124 Å². The summed E-state index contributed by atoms with van der Waals surface area (Å²) in [6.07, 6.45) is 19.6. The Morgan fingerprint density at radius 2 is 1.01 bits per heavy atom. The van der Waals surface area contributed by atoms with E-state index in [1.165, 1.54) is 82.6 Å². The summed E-state index contributed by atoms with van der Waals surface area (Å²) in [7, 11) is 0. The fourth-order valence-electron chi connectivity index (χ4n) is 11.4. The summed E-state index contributed by atoms with van der Waals surface area (Å²) < 4.78 is 0. The van der Waals surface area contributed by atoms with E-state index in [1.807, 2.05) is 42.7 Å². The average Bonchev–Trinajstić information content (AvgIpc) is 4.40. The van der Waals surface area contributed by atoms with Crippen LogP contribution in [0.15, 0.2) is 41.5 Å². The molecule has 2 aromatic rings. The second-order valence-corrected chi connectivity index (χ2v) is 27.0. The first kappa shape index (κ1) is 77.7. The molecule has 21 nitrogen and oxygen atoms in total. The van der Waals surface area contributed by atoms with Gasteiger partial charge in [0, 0.05) is 76.3 Å². The van der Waals surface area contributed by atoms with Gasteiger partial charge < -0.3 is 70.4 Å². The number of guanidine groups is 6. The van der Waals surface area contributed by atoms with Crippen LogP contribution in [0.4, 0.5) is 11.6 Å². The summed E-state index contributed by atoms with van der Waals surface area (Å²) >= 11 is 0. The van der Waals surface area contributed by atoms with E-state index in [9.17, 15) is 0 Å². The lowest BCUT2D eigenvalue weighted by atomic mass is 9.87. The highest BCUT2D eigenvalue weighted by atomic mass is 15.3. The number of aliphatic imine (C=N–C) groups is 1. The maximum Gasteiger partial charge on any atom is 0.220 e. The third kappa shape index (κ3) is 33.6.